The highest BCUT2D eigenvalue weighted by atomic mass is 19.3. The molecule has 0 amide bonds. The average Bonchev–Trinajstić information content (AvgIpc) is 3.00. The summed E-state index contributed by atoms with van der Waals surface area (Å²) in [5.74, 6) is -6.14. The van der Waals surface area contributed by atoms with Crippen LogP contribution in [0.15, 0.2) is 78.9 Å². The van der Waals surface area contributed by atoms with Gasteiger partial charge in [0.25, 0.3) is 0 Å². The molecule has 0 aromatic heterocycles. The van der Waals surface area contributed by atoms with Crippen LogP contribution in [0, 0.1) is 29.2 Å². The molecule has 0 unspecified atom stereocenters. The van der Waals surface area contributed by atoms with E-state index in [-0.39, 0.29) is 5.56 Å². The van der Waals surface area contributed by atoms with Gasteiger partial charge in [0.15, 0.2) is 23.7 Å². The van der Waals surface area contributed by atoms with Gasteiger partial charge in [0, 0.05) is 29.2 Å². The van der Waals surface area contributed by atoms with Crippen LogP contribution in [0.5, 0.6) is 5.75 Å². The van der Waals surface area contributed by atoms with Crippen molar-refractivity contribution in [3.63, 3.8) is 0 Å². The highest BCUT2D eigenvalue weighted by Crippen LogP contribution is 2.35. The topological polar surface area (TPSA) is 27.7 Å². The maximum Gasteiger partial charge on any atom is 0.426 e. The quantitative estimate of drug-likeness (QED) is 0.103. The van der Waals surface area contributed by atoms with Crippen LogP contribution < -0.4 is 4.74 Å². The van der Waals surface area contributed by atoms with Crippen molar-refractivity contribution < 1.29 is 40.6 Å². The number of ether oxygens (including phenoxy) is 3. The Hall–Kier alpha value is -3.82. The highest BCUT2D eigenvalue weighted by Gasteiger charge is 2.35. The monoisotopic (exact) mass is 600 g/mol. The van der Waals surface area contributed by atoms with Crippen LogP contribution in [-0.4, -0.2) is 13.2 Å². The largest absolute Gasteiger partial charge is 0.429 e. The third-order valence-electron chi connectivity index (χ3n) is 7.40. The fourth-order valence-electron chi connectivity index (χ4n) is 4.99. The zero-order chi connectivity index (χ0) is 30.6. The maximum absolute atomic E-state index is 15.2. The van der Waals surface area contributed by atoms with E-state index in [2.05, 4.69) is 11.7 Å². The third kappa shape index (κ3) is 7.22. The summed E-state index contributed by atoms with van der Waals surface area (Å²) in [5.41, 5.74) is 2.17. The van der Waals surface area contributed by atoms with Crippen LogP contribution in [0.2, 0.25) is 0 Å². The molecule has 3 nitrogen and oxygen atoms in total. The highest BCUT2D eigenvalue weighted by molar-refractivity contribution is 5.71. The Morgan fingerprint density at radius 3 is 1.93 bits per heavy atom. The van der Waals surface area contributed by atoms with Gasteiger partial charge in [0.05, 0.1) is 18.8 Å². The lowest BCUT2D eigenvalue weighted by atomic mass is 9.98. The van der Waals surface area contributed by atoms with Crippen molar-refractivity contribution in [1.29, 1.82) is 0 Å². The summed E-state index contributed by atoms with van der Waals surface area (Å²) in [5, 5.41) is 0. The molecule has 0 N–H and O–H groups in total. The molecule has 4 aromatic rings. The first-order chi connectivity index (χ1) is 20.6. The van der Waals surface area contributed by atoms with E-state index in [0.29, 0.717) is 42.4 Å². The standard InChI is InChI=1S/C34H30F6O3/c1-2-3-4-5-21-19-41-33(42-20-21)24-8-6-22(7-9-24)25-12-15-28(29(35)16-25)23-10-13-26(14-11-23)34(39,40)43-27-17-30(36)32(38)31(37)18-27/h6-18,21,33H,2-5,19-20H2,1H3. The maximum atomic E-state index is 15.2. The Balaban J connectivity index is 1.23. The summed E-state index contributed by atoms with van der Waals surface area (Å²) >= 11 is 0. The number of hydrogen-bond acceptors (Lipinski definition) is 3. The molecule has 1 aliphatic rings. The molecule has 1 saturated heterocycles. The molecule has 0 radical (unpaired) electrons. The molecule has 9 heteroatoms. The number of alkyl halides is 2. The smallest absolute Gasteiger partial charge is 0.426 e. The summed E-state index contributed by atoms with van der Waals surface area (Å²) < 4.78 is 101. The van der Waals surface area contributed by atoms with Crippen LogP contribution in [0.3, 0.4) is 0 Å². The fourth-order valence-corrected chi connectivity index (χ4v) is 4.99. The SMILES string of the molecule is CCCCCC1COC(c2ccc(-c3ccc(-c4ccc(C(F)(F)Oc5cc(F)c(F)c(F)c5)cc4)c(F)c3)cc2)OC1. The van der Waals surface area contributed by atoms with E-state index in [1.54, 1.807) is 12.1 Å². The van der Waals surface area contributed by atoms with Crippen LogP contribution >= 0.6 is 0 Å². The zero-order valence-electron chi connectivity index (χ0n) is 23.4. The fraction of sp³-hybridized carbons (Fsp3) is 0.294. The van der Waals surface area contributed by atoms with Crippen LogP contribution in [0.25, 0.3) is 22.3 Å². The zero-order valence-corrected chi connectivity index (χ0v) is 23.4. The van der Waals surface area contributed by atoms with Gasteiger partial charge in [-0.05, 0) is 41.3 Å². The minimum atomic E-state index is -3.99. The summed E-state index contributed by atoms with van der Waals surface area (Å²) in [7, 11) is 0. The molecular weight excluding hydrogens is 570 g/mol. The molecule has 43 heavy (non-hydrogen) atoms. The van der Waals surface area contributed by atoms with Crippen molar-refractivity contribution in [2.24, 2.45) is 5.92 Å². The molecule has 226 valence electrons. The van der Waals surface area contributed by atoms with Gasteiger partial charge < -0.3 is 14.2 Å². The van der Waals surface area contributed by atoms with Crippen molar-refractivity contribution in [3.05, 3.63) is 113 Å². The summed E-state index contributed by atoms with van der Waals surface area (Å²) in [6.07, 6.45) is 0.218. The third-order valence-corrected chi connectivity index (χ3v) is 7.40. The second-order valence-electron chi connectivity index (χ2n) is 10.6. The predicted octanol–water partition coefficient (Wildman–Crippen LogP) is 9.95. The lowest BCUT2D eigenvalue weighted by Crippen LogP contribution is -2.27. The van der Waals surface area contributed by atoms with E-state index in [1.807, 2.05) is 24.3 Å². The van der Waals surface area contributed by atoms with Crippen molar-refractivity contribution in [2.75, 3.05) is 13.2 Å². The van der Waals surface area contributed by atoms with Crippen LogP contribution in [0.4, 0.5) is 26.3 Å². The van der Waals surface area contributed by atoms with E-state index in [1.165, 1.54) is 37.5 Å². The Bertz CT molecular complexity index is 1510. The van der Waals surface area contributed by atoms with Gasteiger partial charge in [-0.25, -0.2) is 17.6 Å². The average molecular weight is 601 g/mol. The van der Waals surface area contributed by atoms with Gasteiger partial charge in [0.1, 0.15) is 11.6 Å². The first kappa shape index (κ1) is 30.6. The van der Waals surface area contributed by atoms with Crippen LogP contribution in [-0.2, 0) is 15.6 Å². The van der Waals surface area contributed by atoms with Gasteiger partial charge in [-0.1, -0.05) is 74.7 Å². The van der Waals surface area contributed by atoms with Crippen molar-refractivity contribution in [1.82, 2.24) is 0 Å². The summed E-state index contributed by atoms with van der Waals surface area (Å²) in [4.78, 5) is 0. The summed E-state index contributed by atoms with van der Waals surface area (Å²) in [6.45, 7) is 3.49. The second-order valence-corrected chi connectivity index (χ2v) is 10.6. The Morgan fingerprint density at radius 1 is 0.721 bits per heavy atom. The van der Waals surface area contributed by atoms with Crippen molar-refractivity contribution >= 4 is 0 Å². The molecule has 5 rings (SSSR count). The van der Waals surface area contributed by atoms with Crippen LogP contribution in [0.1, 0.15) is 50.0 Å². The minimum absolute atomic E-state index is 0.191. The van der Waals surface area contributed by atoms with Gasteiger partial charge in [0.2, 0.25) is 0 Å². The minimum Gasteiger partial charge on any atom is -0.429 e. The van der Waals surface area contributed by atoms with E-state index >= 15 is 4.39 Å². The molecule has 1 heterocycles. The lowest BCUT2D eigenvalue weighted by Gasteiger charge is -2.29. The van der Waals surface area contributed by atoms with Crippen molar-refractivity contribution in [2.45, 2.75) is 45.0 Å². The molecule has 0 saturated carbocycles. The van der Waals surface area contributed by atoms with Gasteiger partial charge in [-0.3, -0.25) is 0 Å². The normalized spacial score (nSPS) is 17.2. The molecule has 0 bridgehead atoms. The van der Waals surface area contributed by atoms with Crippen molar-refractivity contribution in [3.8, 4) is 28.0 Å². The molecule has 0 aliphatic carbocycles. The molecule has 4 aromatic carbocycles. The Kier molecular flexibility index (Phi) is 9.42. The van der Waals surface area contributed by atoms with Gasteiger partial charge in [-0.15, -0.1) is 0 Å². The van der Waals surface area contributed by atoms with Gasteiger partial charge in [-0.2, -0.15) is 8.78 Å². The van der Waals surface area contributed by atoms with E-state index in [0.717, 1.165) is 29.7 Å². The first-order valence-electron chi connectivity index (χ1n) is 14.1. The summed E-state index contributed by atoms with van der Waals surface area (Å²) in [6, 6.07) is 17.4. The van der Waals surface area contributed by atoms with E-state index in [4.69, 9.17) is 9.47 Å². The molecule has 0 atom stereocenters. The Labute approximate surface area is 246 Å². The molecular formula is C34H30F6O3. The van der Waals surface area contributed by atoms with E-state index in [9.17, 15) is 22.0 Å². The first-order valence-corrected chi connectivity index (χ1v) is 14.1. The number of hydrogen-bond donors (Lipinski definition) is 0. The molecule has 0 spiro atoms. The lowest BCUT2D eigenvalue weighted by molar-refractivity contribution is -0.206. The number of benzene rings is 4. The second kappa shape index (κ2) is 13.2. The molecule has 1 aliphatic heterocycles. The molecule has 1 fully saturated rings. The van der Waals surface area contributed by atoms with E-state index < -0.39 is 47.0 Å². The van der Waals surface area contributed by atoms with Gasteiger partial charge >= 0.3 is 6.11 Å². The predicted molar refractivity (Wildman–Crippen MR) is 150 cm³/mol. The number of rotatable bonds is 10. The Morgan fingerprint density at radius 2 is 1.33 bits per heavy atom. The number of halogens is 6. The number of unbranched alkanes of at least 4 members (excludes halogenated alkanes) is 2.